The van der Waals surface area contributed by atoms with E-state index in [9.17, 15) is 9.59 Å². The van der Waals surface area contributed by atoms with Crippen LogP contribution >= 0.6 is 23.1 Å². The molecule has 4 aromatic rings. The Balaban J connectivity index is 1.30. The number of hydrogen-bond acceptors (Lipinski definition) is 7. The number of carbonyl (C=O) groups excluding carboxylic acids is 1. The van der Waals surface area contributed by atoms with Crippen molar-refractivity contribution in [2.75, 3.05) is 16.4 Å². The van der Waals surface area contributed by atoms with Crippen LogP contribution in [0.15, 0.2) is 69.8 Å². The Morgan fingerprint density at radius 1 is 1.06 bits per heavy atom. The fourth-order valence-corrected chi connectivity index (χ4v) is 5.01. The third-order valence-electron chi connectivity index (χ3n) is 5.07. The van der Waals surface area contributed by atoms with E-state index in [2.05, 4.69) is 20.8 Å². The molecule has 8 nitrogen and oxygen atoms in total. The number of hydrogen-bond donors (Lipinski definition) is 2. The monoisotopic (exact) mass is 480 g/mol. The van der Waals surface area contributed by atoms with E-state index in [1.807, 2.05) is 67.6 Å². The lowest BCUT2D eigenvalue weighted by Gasteiger charge is -2.07. The number of para-hydroxylation sites is 1. The highest BCUT2D eigenvalue weighted by Gasteiger charge is 2.18. The maximum absolute atomic E-state index is 12.9. The Labute approximate surface area is 199 Å². The molecule has 0 bridgehead atoms. The van der Waals surface area contributed by atoms with Crippen LogP contribution in [0.4, 0.5) is 10.8 Å². The van der Waals surface area contributed by atoms with Crippen LogP contribution in [0.5, 0.6) is 0 Å². The molecule has 0 aliphatic carbocycles. The zero-order chi connectivity index (χ0) is 23.2. The van der Waals surface area contributed by atoms with E-state index < -0.39 is 0 Å². The molecule has 0 saturated carbocycles. The van der Waals surface area contributed by atoms with Gasteiger partial charge in [-0.2, -0.15) is 0 Å². The third kappa shape index (κ3) is 5.52. The van der Waals surface area contributed by atoms with Crippen LogP contribution in [0.2, 0.25) is 0 Å². The Hall–Kier alpha value is -3.37. The summed E-state index contributed by atoms with van der Waals surface area (Å²) in [5, 5.41) is 15.1. The lowest BCUT2D eigenvalue weighted by Crippen LogP contribution is -2.23. The molecule has 170 valence electrons. The molecule has 0 saturated heterocycles. The van der Waals surface area contributed by atoms with Gasteiger partial charge in [-0.1, -0.05) is 71.6 Å². The second-order valence-corrected chi connectivity index (χ2v) is 9.61. The minimum Gasteiger partial charge on any atom is -0.356 e. The smallest absolute Gasteiger partial charge is 0.295 e. The zero-order valence-corrected chi connectivity index (χ0v) is 19.9. The van der Waals surface area contributed by atoms with Crippen LogP contribution in [0.3, 0.4) is 0 Å². The molecule has 0 radical (unpaired) electrons. The first-order chi connectivity index (χ1) is 16.0. The first kappa shape index (κ1) is 22.8. The van der Waals surface area contributed by atoms with Gasteiger partial charge >= 0.3 is 0 Å². The topological polar surface area (TPSA) is 93.8 Å². The maximum atomic E-state index is 12.9. The summed E-state index contributed by atoms with van der Waals surface area (Å²) in [6, 6.07) is 19.4. The molecule has 2 N–H and O–H groups in total. The predicted octanol–water partition coefficient (Wildman–Crippen LogP) is 4.07. The molecule has 0 fully saturated rings. The summed E-state index contributed by atoms with van der Waals surface area (Å²) < 4.78 is 4.08. The summed E-state index contributed by atoms with van der Waals surface area (Å²) in [5.74, 6) is 0.332. The SMILES string of the molecule is Cc1c(NC(=O)CCSc2nnc(NCc3ccccc3)s2)c(=O)n(-c2ccccc2)n1C. The largest absolute Gasteiger partial charge is 0.356 e. The number of rotatable bonds is 9. The van der Waals surface area contributed by atoms with Crippen LogP contribution in [0, 0.1) is 6.92 Å². The third-order valence-corrected chi connectivity index (χ3v) is 7.08. The van der Waals surface area contributed by atoms with Crippen LogP contribution in [0.1, 0.15) is 17.7 Å². The Bertz CT molecular complexity index is 1280. The van der Waals surface area contributed by atoms with Crippen molar-refractivity contribution < 1.29 is 4.79 Å². The molecule has 2 heterocycles. The molecule has 4 rings (SSSR count). The van der Waals surface area contributed by atoms with Gasteiger partial charge in [-0.3, -0.25) is 14.3 Å². The first-order valence-corrected chi connectivity index (χ1v) is 12.2. The zero-order valence-electron chi connectivity index (χ0n) is 18.3. The molecule has 0 aliphatic heterocycles. The van der Waals surface area contributed by atoms with Gasteiger partial charge in [-0.05, 0) is 24.6 Å². The Morgan fingerprint density at radius 3 is 2.48 bits per heavy atom. The number of aromatic nitrogens is 4. The molecule has 33 heavy (non-hydrogen) atoms. The van der Waals surface area contributed by atoms with Crippen LogP contribution in [-0.2, 0) is 18.4 Å². The second-order valence-electron chi connectivity index (χ2n) is 7.30. The van der Waals surface area contributed by atoms with Gasteiger partial charge in [0, 0.05) is 25.8 Å². The van der Waals surface area contributed by atoms with Crippen molar-refractivity contribution in [3.05, 3.63) is 82.3 Å². The number of benzene rings is 2. The molecular formula is C23H24N6O2S2. The maximum Gasteiger partial charge on any atom is 0.295 e. The summed E-state index contributed by atoms with van der Waals surface area (Å²) >= 11 is 2.93. The molecule has 2 aromatic carbocycles. The van der Waals surface area contributed by atoms with Gasteiger partial charge in [0.1, 0.15) is 5.69 Å². The predicted molar refractivity (Wildman–Crippen MR) is 133 cm³/mol. The van der Waals surface area contributed by atoms with Crippen LogP contribution in [0.25, 0.3) is 5.69 Å². The Morgan fingerprint density at radius 2 is 1.76 bits per heavy atom. The van der Waals surface area contributed by atoms with Gasteiger partial charge in [0.25, 0.3) is 5.56 Å². The van der Waals surface area contributed by atoms with Gasteiger partial charge in [0.2, 0.25) is 11.0 Å². The van der Waals surface area contributed by atoms with Crippen molar-refractivity contribution in [1.29, 1.82) is 0 Å². The molecule has 0 aliphatic rings. The normalized spacial score (nSPS) is 10.8. The summed E-state index contributed by atoms with van der Waals surface area (Å²) in [6.07, 6.45) is 0.260. The van der Waals surface area contributed by atoms with Gasteiger partial charge in [0.05, 0.1) is 11.4 Å². The minimum atomic E-state index is -0.250. The van der Waals surface area contributed by atoms with Crippen LogP contribution < -0.4 is 16.2 Å². The van der Waals surface area contributed by atoms with Gasteiger partial charge < -0.3 is 10.6 Å². The van der Waals surface area contributed by atoms with E-state index >= 15 is 0 Å². The number of amides is 1. The lowest BCUT2D eigenvalue weighted by atomic mass is 10.2. The van der Waals surface area contributed by atoms with Crippen LogP contribution in [-0.4, -0.2) is 31.2 Å². The van der Waals surface area contributed by atoms with E-state index in [-0.39, 0.29) is 17.9 Å². The molecule has 10 heteroatoms. The standard InChI is InChI=1S/C23H24N6O2S2/c1-16-20(21(31)29(28(16)2)18-11-7-4-8-12-18)25-19(30)13-14-32-23-27-26-22(33-23)24-15-17-9-5-3-6-10-17/h3-12H,13-15H2,1-2H3,(H,24,26)(H,25,30). The second kappa shape index (κ2) is 10.5. The summed E-state index contributed by atoms with van der Waals surface area (Å²) in [4.78, 5) is 25.4. The number of carbonyl (C=O) groups is 1. The van der Waals surface area contributed by atoms with E-state index in [4.69, 9.17) is 0 Å². The fourth-order valence-electron chi connectivity index (χ4n) is 3.26. The quantitative estimate of drug-likeness (QED) is 0.351. The lowest BCUT2D eigenvalue weighted by molar-refractivity contribution is -0.115. The van der Waals surface area contributed by atoms with E-state index in [1.165, 1.54) is 28.7 Å². The first-order valence-electron chi connectivity index (χ1n) is 10.4. The molecule has 0 atom stereocenters. The van der Waals surface area contributed by atoms with Crippen molar-refractivity contribution in [2.24, 2.45) is 7.05 Å². The average Bonchev–Trinajstić information content (AvgIpc) is 3.37. The minimum absolute atomic E-state index is 0.208. The van der Waals surface area contributed by atoms with Gasteiger partial charge in [0.15, 0.2) is 4.34 Å². The number of nitrogens with one attached hydrogen (secondary N) is 2. The van der Waals surface area contributed by atoms with Crippen molar-refractivity contribution in [3.63, 3.8) is 0 Å². The highest BCUT2D eigenvalue weighted by molar-refractivity contribution is 8.01. The molecule has 0 unspecified atom stereocenters. The molecule has 0 spiro atoms. The van der Waals surface area contributed by atoms with Gasteiger partial charge in [-0.15, -0.1) is 10.2 Å². The van der Waals surface area contributed by atoms with E-state index in [1.54, 1.807) is 16.4 Å². The number of nitrogens with zero attached hydrogens (tertiary/aromatic N) is 4. The number of thioether (sulfide) groups is 1. The number of anilines is 2. The van der Waals surface area contributed by atoms with Crippen molar-refractivity contribution in [1.82, 2.24) is 19.6 Å². The highest BCUT2D eigenvalue weighted by atomic mass is 32.2. The summed E-state index contributed by atoms with van der Waals surface area (Å²) in [5.41, 5.74) is 2.67. The van der Waals surface area contributed by atoms with Crippen molar-refractivity contribution in [2.45, 2.75) is 24.2 Å². The average molecular weight is 481 g/mol. The fraction of sp³-hybridized carbons (Fsp3) is 0.217. The van der Waals surface area contributed by atoms with Crippen molar-refractivity contribution in [3.8, 4) is 5.69 Å². The van der Waals surface area contributed by atoms with E-state index in [0.717, 1.165) is 15.2 Å². The van der Waals surface area contributed by atoms with Crippen molar-refractivity contribution >= 4 is 39.8 Å². The van der Waals surface area contributed by atoms with E-state index in [0.29, 0.717) is 23.7 Å². The summed E-state index contributed by atoms with van der Waals surface area (Å²) in [6.45, 7) is 2.50. The highest BCUT2D eigenvalue weighted by Crippen LogP contribution is 2.26. The Kier molecular flexibility index (Phi) is 7.26. The molecule has 1 amide bonds. The molecular weight excluding hydrogens is 456 g/mol. The van der Waals surface area contributed by atoms with Gasteiger partial charge in [-0.25, -0.2) is 4.68 Å². The molecule has 2 aromatic heterocycles. The summed E-state index contributed by atoms with van der Waals surface area (Å²) in [7, 11) is 1.80.